The molecule has 1 amide bonds. The quantitative estimate of drug-likeness (QED) is 0.552. The summed E-state index contributed by atoms with van der Waals surface area (Å²) in [4.78, 5) is 22.0. The number of amides is 1. The number of rotatable bonds is 4. The first kappa shape index (κ1) is 20.4. The van der Waals surface area contributed by atoms with E-state index in [4.69, 9.17) is 0 Å². The van der Waals surface area contributed by atoms with Crippen molar-refractivity contribution < 1.29 is 14.3 Å². The second-order valence-corrected chi connectivity index (χ2v) is 3.73. The molecule has 4 heteroatoms. The fraction of sp³-hybridized carbons (Fsp3) is 0.833. The van der Waals surface area contributed by atoms with Crippen molar-refractivity contribution in [2.24, 2.45) is 11.8 Å². The zero-order valence-electron chi connectivity index (χ0n) is 10.6. The molecule has 98 valence electrons. The molecule has 0 fully saturated rings. The average molecular weight is 233 g/mol. The Kier molecular flexibility index (Phi) is 15.3. The van der Waals surface area contributed by atoms with E-state index in [1.165, 1.54) is 7.11 Å². The fourth-order valence-corrected chi connectivity index (χ4v) is 0.533. The summed E-state index contributed by atoms with van der Waals surface area (Å²) < 4.78 is 4.53. The number of esters is 1. The zero-order chi connectivity index (χ0) is 12.4. The largest absolute Gasteiger partial charge is 0.469 e. The van der Waals surface area contributed by atoms with Crippen LogP contribution in [-0.2, 0) is 14.3 Å². The average Bonchev–Trinajstić information content (AvgIpc) is 2.26. The van der Waals surface area contributed by atoms with Crippen LogP contribution >= 0.6 is 0 Å². The molecule has 4 nitrogen and oxygen atoms in total. The van der Waals surface area contributed by atoms with Gasteiger partial charge in [0.1, 0.15) is 0 Å². The maximum absolute atomic E-state index is 10.7. The van der Waals surface area contributed by atoms with E-state index in [1.54, 1.807) is 11.9 Å². The highest BCUT2D eigenvalue weighted by molar-refractivity contribution is 5.71. The van der Waals surface area contributed by atoms with Crippen molar-refractivity contribution in [1.82, 2.24) is 4.90 Å². The fourth-order valence-electron chi connectivity index (χ4n) is 0.533. The predicted octanol–water partition coefficient (Wildman–Crippen LogP) is 2.18. The van der Waals surface area contributed by atoms with Crippen LogP contribution in [0.25, 0.3) is 0 Å². The topological polar surface area (TPSA) is 46.6 Å². The van der Waals surface area contributed by atoms with Crippen LogP contribution in [0, 0.1) is 11.8 Å². The number of hydrogen-bond donors (Lipinski definition) is 0. The highest BCUT2D eigenvalue weighted by Crippen LogP contribution is 2.10. The summed E-state index contributed by atoms with van der Waals surface area (Å²) in [6.45, 7) is 8.59. The third-order valence-electron chi connectivity index (χ3n) is 2.25. The third-order valence-corrected chi connectivity index (χ3v) is 2.25. The minimum atomic E-state index is -0.120. The lowest BCUT2D eigenvalue weighted by atomic mass is 9.99. The molecule has 0 N–H and O–H groups in total. The lowest BCUT2D eigenvalue weighted by Crippen LogP contribution is -2.17. The van der Waals surface area contributed by atoms with E-state index in [9.17, 15) is 9.59 Å². The van der Waals surface area contributed by atoms with Gasteiger partial charge in [0, 0.05) is 13.6 Å². The molecule has 0 saturated carbocycles. The van der Waals surface area contributed by atoms with Gasteiger partial charge in [-0.15, -0.1) is 0 Å². The molecule has 0 bridgehead atoms. The van der Waals surface area contributed by atoms with Crippen LogP contribution in [0.5, 0.6) is 0 Å². The van der Waals surface area contributed by atoms with E-state index in [1.807, 2.05) is 27.7 Å². The van der Waals surface area contributed by atoms with E-state index >= 15 is 0 Å². The minimum Gasteiger partial charge on any atom is -0.469 e. The molecule has 1 atom stereocenters. The highest BCUT2D eigenvalue weighted by Gasteiger charge is 2.15. The van der Waals surface area contributed by atoms with Crippen molar-refractivity contribution in [1.29, 1.82) is 0 Å². The summed E-state index contributed by atoms with van der Waals surface area (Å²) in [6, 6.07) is 0. The number of carbonyl (C=O) groups is 2. The Morgan fingerprint density at radius 2 is 1.81 bits per heavy atom. The van der Waals surface area contributed by atoms with E-state index in [-0.39, 0.29) is 19.3 Å². The van der Waals surface area contributed by atoms with Gasteiger partial charge >= 0.3 is 5.97 Å². The second-order valence-electron chi connectivity index (χ2n) is 3.73. The van der Waals surface area contributed by atoms with Gasteiger partial charge in [0.05, 0.1) is 13.0 Å². The predicted molar refractivity (Wildman–Crippen MR) is 67.1 cm³/mol. The first-order valence-corrected chi connectivity index (χ1v) is 5.14. The summed E-state index contributed by atoms with van der Waals surface area (Å²) in [6.07, 6.45) is 0.806. The first-order valence-electron chi connectivity index (χ1n) is 5.14. The Morgan fingerprint density at radius 1 is 1.38 bits per heavy atom. The summed E-state index contributed by atoms with van der Waals surface area (Å²) in [5.41, 5.74) is 0. The third kappa shape index (κ3) is 11.0. The van der Waals surface area contributed by atoms with E-state index < -0.39 is 0 Å². The molecule has 0 radical (unpaired) electrons. The first-order chi connectivity index (χ1) is 6.90. The molecule has 16 heavy (non-hydrogen) atoms. The van der Waals surface area contributed by atoms with Crippen LogP contribution in [0.3, 0.4) is 0 Å². The molecule has 0 rings (SSSR count). The molecular formula is C12H27NO3. The molecule has 0 spiro atoms. The summed E-state index contributed by atoms with van der Waals surface area (Å²) in [5.74, 6) is 0.275. The standard InChI is InChI=1S/C7H14O2.C4H9NO.CH4/c1-5(2)6(3)7(8)9-4;1-3-5(2)4-6;/h5-6H,1-4H3;4H,3H2,1-2H3;1H4. The lowest BCUT2D eigenvalue weighted by Gasteiger charge is -2.11. The maximum atomic E-state index is 10.7. The van der Waals surface area contributed by atoms with Crippen molar-refractivity contribution in [3.63, 3.8) is 0 Å². The molecule has 0 aromatic heterocycles. The van der Waals surface area contributed by atoms with Gasteiger partial charge in [-0.25, -0.2) is 0 Å². The summed E-state index contributed by atoms with van der Waals surface area (Å²) in [5, 5.41) is 0. The van der Waals surface area contributed by atoms with Gasteiger partial charge in [-0.2, -0.15) is 0 Å². The SMILES string of the molecule is C.CCN(C)C=O.COC(=O)C(C)C(C)C. The monoisotopic (exact) mass is 233 g/mol. The van der Waals surface area contributed by atoms with E-state index in [2.05, 4.69) is 4.74 Å². The van der Waals surface area contributed by atoms with Crippen molar-refractivity contribution in [3.8, 4) is 0 Å². The van der Waals surface area contributed by atoms with Crippen LogP contribution in [0.1, 0.15) is 35.1 Å². The van der Waals surface area contributed by atoms with Crippen LogP contribution in [-0.4, -0.2) is 38.0 Å². The molecule has 0 aliphatic heterocycles. The van der Waals surface area contributed by atoms with Gasteiger partial charge in [-0.1, -0.05) is 28.2 Å². The smallest absolute Gasteiger partial charge is 0.308 e. The second kappa shape index (κ2) is 12.0. The van der Waals surface area contributed by atoms with Gasteiger partial charge in [0.15, 0.2) is 0 Å². The Morgan fingerprint density at radius 3 is 1.88 bits per heavy atom. The van der Waals surface area contributed by atoms with Crippen molar-refractivity contribution in [3.05, 3.63) is 0 Å². The van der Waals surface area contributed by atoms with Gasteiger partial charge in [0.2, 0.25) is 6.41 Å². The van der Waals surface area contributed by atoms with Gasteiger partial charge < -0.3 is 9.64 Å². The lowest BCUT2D eigenvalue weighted by molar-refractivity contribution is -0.146. The van der Waals surface area contributed by atoms with Crippen LogP contribution in [0.4, 0.5) is 0 Å². The number of ether oxygens (including phenoxy) is 1. The van der Waals surface area contributed by atoms with Crippen molar-refractivity contribution >= 4 is 12.4 Å². The number of nitrogens with zero attached hydrogens (tertiary/aromatic N) is 1. The molecular weight excluding hydrogens is 206 g/mol. The zero-order valence-corrected chi connectivity index (χ0v) is 10.6. The van der Waals surface area contributed by atoms with Crippen molar-refractivity contribution in [2.75, 3.05) is 20.7 Å². The summed E-state index contributed by atoms with van der Waals surface area (Å²) in [7, 11) is 3.16. The Bertz CT molecular complexity index is 181. The van der Waals surface area contributed by atoms with Gasteiger partial charge in [0.25, 0.3) is 0 Å². The Balaban J connectivity index is -0.000000214. The molecule has 0 aliphatic rings. The molecule has 0 aliphatic carbocycles. The summed E-state index contributed by atoms with van der Waals surface area (Å²) >= 11 is 0. The Hall–Kier alpha value is -1.06. The van der Waals surface area contributed by atoms with Crippen molar-refractivity contribution in [2.45, 2.75) is 35.1 Å². The maximum Gasteiger partial charge on any atom is 0.308 e. The molecule has 0 aromatic rings. The number of carbonyl (C=O) groups excluding carboxylic acids is 2. The van der Waals surface area contributed by atoms with Crippen LogP contribution in [0.15, 0.2) is 0 Å². The molecule has 1 unspecified atom stereocenters. The van der Waals surface area contributed by atoms with Crippen LogP contribution in [0.2, 0.25) is 0 Å². The minimum absolute atomic E-state index is 0. The van der Waals surface area contributed by atoms with E-state index in [0.29, 0.717) is 5.92 Å². The molecule has 0 aromatic carbocycles. The van der Waals surface area contributed by atoms with E-state index in [0.717, 1.165) is 13.0 Å². The number of methoxy groups -OCH3 is 1. The normalized spacial score (nSPS) is 10.4. The van der Waals surface area contributed by atoms with Gasteiger partial charge in [-0.3, -0.25) is 9.59 Å². The number of hydrogen-bond acceptors (Lipinski definition) is 3. The van der Waals surface area contributed by atoms with Gasteiger partial charge in [-0.05, 0) is 12.8 Å². The highest BCUT2D eigenvalue weighted by atomic mass is 16.5. The molecule has 0 heterocycles. The Labute approximate surface area is 100.0 Å². The van der Waals surface area contributed by atoms with Crippen LogP contribution < -0.4 is 0 Å². The molecule has 0 saturated heterocycles.